The zero-order valence-corrected chi connectivity index (χ0v) is 37.2. The third-order valence-corrected chi connectivity index (χ3v) is 18.1. The van der Waals surface area contributed by atoms with Crippen molar-refractivity contribution >= 4 is 60.5 Å². The van der Waals surface area contributed by atoms with E-state index in [4.69, 9.17) is 19.7 Å². The number of ether oxygens (including phenoxy) is 1. The molecule has 5 nitrogen and oxygen atoms in total. The van der Waals surface area contributed by atoms with Crippen LogP contribution in [0.5, 0.6) is 11.5 Å². The van der Waals surface area contributed by atoms with E-state index in [-0.39, 0.29) is 26.5 Å². The Morgan fingerprint density at radius 1 is 0.768 bits per heavy atom. The predicted molar refractivity (Wildman–Crippen MR) is 231 cm³/mol. The monoisotopic (exact) mass is 987 g/mol. The van der Waals surface area contributed by atoms with Gasteiger partial charge >= 0.3 is 312 Å². The number of hydrogen-bond acceptors (Lipinski definition) is 5. The molecule has 0 aliphatic carbocycles. The molecule has 0 saturated heterocycles. The molecule has 0 radical (unpaired) electrons. The summed E-state index contributed by atoms with van der Waals surface area (Å²) in [6, 6.07) is 47.8. The molecule has 10 rings (SSSR count). The number of benzene rings is 6. The van der Waals surface area contributed by atoms with Gasteiger partial charge in [0.05, 0.1) is 0 Å². The van der Waals surface area contributed by atoms with E-state index < -0.39 is 13.3 Å². The fraction of sp³-hybridized carbons (Fsp3) is 0.146. The molecule has 1 aliphatic heterocycles. The van der Waals surface area contributed by atoms with E-state index in [0.717, 1.165) is 94.1 Å². The number of thiazole rings is 1. The van der Waals surface area contributed by atoms with Crippen molar-refractivity contribution in [2.45, 2.75) is 43.5 Å². The van der Waals surface area contributed by atoms with Gasteiger partial charge in [-0.15, -0.1) is 0 Å². The first-order valence-electron chi connectivity index (χ1n) is 18.7. The summed E-state index contributed by atoms with van der Waals surface area (Å²) in [5.74, 6) is 9.63. The smallest absolute Gasteiger partial charge is 2.00 e. The number of fused-ring (bicyclic) bond motifs is 5. The fourth-order valence-electron chi connectivity index (χ4n) is 7.68. The molecule has 9 aromatic rings. The number of para-hydroxylation sites is 2. The summed E-state index contributed by atoms with van der Waals surface area (Å²) in [6.45, 7) is 6.74. The van der Waals surface area contributed by atoms with E-state index in [1.807, 2.05) is 30.5 Å². The Morgan fingerprint density at radius 2 is 1.54 bits per heavy atom. The third-order valence-electron chi connectivity index (χ3n) is 10.5. The average molecular weight is 987 g/mol. The molecule has 0 amide bonds. The molecule has 0 fully saturated rings. The van der Waals surface area contributed by atoms with Crippen LogP contribution in [0.25, 0.3) is 82.6 Å². The van der Waals surface area contributed by atoms with Gasteiger partial charge in [0.25, 0.3) is 0 Å². The molecule has 4 heterocycles. The molecule has 0 saturated carbocycles. The number of rotatable bonds is 5. The second-order valence-electron chi connectivity index (χ2n) is 16.3. The van der Waals surface area contributed by atoms with Gasteiger partial charge in [-0.05, 0) is 0 Å². The van der Waals surface area contributed by atoms with E-state index in [1.54, 1.807) is 11.3 Å². The summed E-state index contributed by atoms with van der Waals surface area (Å²) in [5, 5.41) is 2.10. The van der Waals surface area contributed by atoms with E-state index in [9.17, 15) is 0 Å². The van der Waals surface area contributed by atoms with Crippen LogP contribution in [-0.4, -0.2) is 32.8 Å². The Labute approximate surface area is 348 Å². The van der Waals surface area contributed by atoms with Gasteiger partial charge in [0.2, 0.25) is 0 Å². The standard InChI is InChI=1S/C48H38GeN4OS.Pt/c1-48(2,3)32-19-12-18-31(27-32)46-51-41-34(21-14-23-38(41)53(46)37-22-11-10-20-33(37)29-15-8-7-9-16-29)35-28-36-42-40-30(25-26-50-42)17-13-24-39(40)54-44(36)45-43(35)52-47(55-45)49(4,5)6;/h7-17,19-27H,1-6H3;/q-2;+2. The van der Waals surface area contributed by atoms with Crippen LogP contribution in [0.2, 0.25) is 17.3 Å². The first kappa shape index (κ1) is 36.7. The summed E-state index contributed by atoms with van der Waals surface area (Å²) in [5.41, 5.74) is 11.8. The normalized spacial score (nSPS) is 12.5. The third kappa shape index (κ3) is 5.96. The maximum absolute atomic E-state index is 6.80. The summed E-state index contributed by atoms with van der Waals surface area (Å²) >= 11 is -0.617. The largest absolute Gasteiger partial charge is 2.00 e. The van der Waals surface area contributed by atoms with Crippen LogP contribution in [0, 0.1) is 12.1 Å². The number of nitrogens with zero attached hydrogens (tertiary/aromatic N) is 4. The van der Waals surface area contributed by atoms with Gasteiger partial charge in [-0.3, -0.25) is 0 Å². The number of aromatic nitrogens is 4. The molecule has 6 aromatic carbocycles. The predicted octanol–water partition coefficient (Wildman–Crippen LogP) is 12.4. The van der Waals surface area contributed by atoms with Crippen molar-refractivity contribution in [3.8, 4) is 62.1 Å². The first-order chi connectivity index (χ1) is 26.5. The molecule has 1 aliphatic rings. The van der Waals surface area contributed by atoms with Gasteiger partial charge in [-0.2, -0.15) is 0 Å². The average Bonchev–Trinajstić information content (AvgIpc) is 3.82. The van der Waals surface area contributed by atoms with Crippen LogP contribution in [0.3, 0.4) is 0 Å². The summed E-state index contributed by atoms with van der Waals surface area (Å²) in [7, 11) is 0. The van der Waals surface area contributed by atoms with Gasteiger partial charge < -0.3 is 0 Å². The summed E-state index contributed by atoms with van der Waals surface area (Å²) in [4.78, 5) is 16.0. The van der Waals surface area contributed by atoms with E-state index in [2.05, 4.69) is 146 Å². The van der Waals surface area contributed by atoms with E-state index >= 15 is 0 Å². The minimum atomic E-state index is -2.39. The Hall–Kier alpha value is -4.88. The van der Waals surface area contributed by atoms with Crippen molar-refractivity contribution in [1.82, 2.24) is 19.5 Å². The van der Waals surface area contributed by atoms with Crippen molar-refractivity contribution in [3.63, 3.8) is 0 Å². The van der Waals surface area contributed by atoms with Crippen molar-refractivity contribution < 1.29 is 25.8 Å². The zero-order valence-electron chi connectivity index (χ0n) is 32.0. The van der Waals surface area contributed by atoms with Crippen LogP contribution >= 0.6 is 11.3 Å². The van der Waals surface area contributed by atoms with Gasteiger partial charge in [0.1, 0.15) is 0 Å². The Morgan fingerprint density at radius 3 is 2.34 bits per heavy atom. The second-order valence-corrected chi connectivity index (χ2v) is 28.5. The molecule has 0 spiro atoms. The Kier molecular flexibility index (Phi) is 8.96. The minimum absolute atomic E-state index is 0. The van der Waals surface area contributed by atoms with E-state index in [0.29, 0.717) is 0 Å². The van der Waals surface area contributed by atoms with Crippen LogP contribution in [0.1, 0.15) is 26.3 Å². The van der Waals surface area contributed by atoms with Crippen LogP contribution < -0.4 is 8.58 Å². The molecule has 0 N–H and O–H groups in total. The fourth-order valence-corrected chi connectivity index (χ4v) is 12.3. The number of pyridine rings is 1. The van der Waals surface area contributed by atoms with Crippen LogP contribution in [0.15, 0.2) is 121 Å². The maximum atomic E-state index is 6.80. The zero-order chi connectivity index (χ0) is 37.6. The van der Waals surface area contributed by atoms with Crippen molar-refractivity contribution in [1.29, 1.82) is 0 Å². The topological polar surface area (TPSA) is 52.8 Å². The Bertz CT molecular complexity index is 2990. The molecule has 276 valence electrons. The van der Waals surface area contributed by atoms with Crippen molar-refractivity contribution in [2.24, 2.45) is 0 Å². The number of hydrogen-bond donors (Lipinski definition) is 0. The van der Waals surface area contributed by atoms with Crippen LogP contribution in [-0.2, 0) is 26.5 Å². The SMILES string of the molecule is CC(C)(C)c1cc[c-]c(-c2nc3c(-c4[c-]c5c(c6s[c]([Ge]([CH3])([CH3])[CH3])nc46)Oc4cccc6ccnc-5c46)cccc3n2-c2ccccc2-c2ccccc2)c1.[Pt+2]. The van der Waals surface area contributed by atoms with Gasteiger partial charge in [-0.25, -0.2) is 0 Å². The maximum Gasteiger partial charge on any atom is 2.00 e. The molecule has 3 aromatic heterocycles. The molecular weight excluding hydrogens is 948 g/mol. The minimum Gasteiger partial charge on any atom is 2.00 e. The van der Waals surface area contributed by atoms with Crippen LogP contribution in [0.4, 0.5) is 0 Å². The van der Waals surface area contributed by atoms with E-state index in [1.165, 1.54) is 9.40 Å². The van der Waals surface area contributed by atoms with Gasteiger partial charge in [0.15, 0.2) is 0 Å². The van der Waals surface area contributed by atoms with Crippen molar-refractivity contribution in [2.75, 3.05) is 0 Å². The second kappa shape index (κ2) is 13.7. The molecular formula is C48H38GeN4OPtS. The quantitative estimate of drug-likeness (QED) is 0.127. The molecule has 0 unspecified atom stereocenters. The summed E-state index contributed by atoms with van der Waals surface area (Å²) < 4.78 is 11.4. The number of imidazole rings is 1. The summed E-state index contributed by atoms with van der Waals surface area (Å²) in [6.07, 6.45) is 1.89. The molecule has 56 heavy (non-hydrogen) atoms. The molecule has 8 heteroatoms. The molecule has 0 atom stereocenters. The Balaban J connectivity index is 0.00000410. The first-order valence-corrected chi connectivity index (χ1v) is 26.9. The van der Waals surface area contributed by atoms with Gasteiger partial charge in [-0.1, -0.05) is 39.0 Å². The van der Waals surface area contributed by atoms with Crippen molar-refractivity contribution in [3.05, 3.63) is 139 Å². The van der Waals surface area contributed by atoms with Gasteiger partial charge in [0, 0.05) is 0 Å². The molecule has 0 bridgehead atoms.